The van der Waals surface area contributed by atoms with Gasteiger partial charge in [0.05, 0.1) is 11.8 Å². The zero-order valence-corrected chi connectivity index (χ0v) is 23.5. The first-order valence-electron chi connectivity index (χ1n) is 14.1. The molecule has 2 aromatic rings. The normalized spacial score (nSPS) is 21.2. The molecular weight excluding hydrogens is 476 g/mol. The van der Waals surface area contributed by atoms with Gasteiger partial charge in [-0.2, -0.15) is 0 Å². The summed E-state index contributed by atoms with van der Waals surface area (Å²) in [7, 11) is 0. The summed E-state index contributed by atoms with van der Waals surface area (Å²) < 4.78 is 5.55. The van der Waals surface area contributed by atoms with E-state index in [0.29, 0.717) is 18.5 Å². The molecule has 0 heterocycles. The van der Waals surface area contributed by atoms with Crippen molar-refractivity contribution in [2.24, 2.45) is 17.8 Å². The zero-order valence-electron chi connectivity index (χ0n) is 23.5. The first-order chi connectivity index (χ1) is 18.1. The molecule has 0 radical (unpaired) electrons. The second kappa shape index (κ2) is 12.1. The molecule has 6 nitrogen and oxygen atoms in total. The Labute approximate surface area is 227 Å². The summed E-state index contributed by atoms with van der Waals surface area (Å²) in [5.74, 6) is 1.64. The molecule has 2 fully saturated rings. The van der Waals surface area contributed by atoms with Gasteiger partial charge in [-0.15, -0.1) is 0 Å². The third-order valence-electron chi connectivity index (χ3n) is 7.89. The molecule has 1 unspecified atom stereocenters. The molecule has 4 rings (SSSR count). The maximum absolute atomic E-state index is 13.1. The maximum atomic E-state index is 13.1. The number of hydrogen-bond acceptors (Lipinski definition) is 4. The maximum Gasteiger partial charge on any atom is 0.414 e. The fourth-order valence-corrected chi connectivity index (χ4v) is 6.19. The molecule has 38 heavy (non-hydrogen) atoms. The summed E-state index contributed by atoms with van der Waals surface area (Å²) >= 11 is 0. The number of nitrogens with one attached hydrogen (secondary N) is 1. The van der Waals surface area contributed by atoms with Gasteiger partial charge in [0.1, 0.15) is 5.78 Å². The van der Waals surface area contributed by atoms with Crippen molar-refractivity contribution in [1.82, 2.24) is 5.32 Å². The predicted molar refractivity (Wildman–Crippen MR) is 151 cm³/mol. The third kappa shape index (κ3) is 7.03. The number of hydrogen-bond donors (Lipinski definition) is 1. The SMILES string of the molecule is CC(=O)C[C@@H](C)CN(C(=O)OC(C)C)c1cc(-c2ccc(C(=O)NC3C[C@H]4CC[C@@H](C3)C4)cc2)ccc1C. The van der Waals surface area contributed by atoms with Crippen LogP contribution in [0.5, 0.6) is 0 Å². The summed E-state index contributed by atoms with van der Waals surface area (Å²) in [6.45, 7) is 9.55. The smallest absolute Gasteiger partial charge is 0.414 e. The number of aryl methyl sites for hydroxylation is 1. The van der Waals surface area contributed by atoms with Crippen molar-refractivity contribution in [1.29, 1.82) is 0 Å². The number of rotatable bonds is 9. The van der Waals surface area contributed by atoms with Crippen LogP contribution < -0.4 is 10.2 Å². The zero-order chi connectivity index (χ0) is 27.4. The van der Waals surface area contributed by atoms with E-state index in [9.17, 15) is 14.4 Å². The van der Waals surface area contributed by atoms with Gasteiger partial charge < -0.3 is 14.8 Å². The molecule has 0 saturated heterocycles. The highest BCUT2D eigenvalue weighted by Gasteiger charge is 2.34. The van der Waals surface area contributed by atoms with Crippen molar-refractivity contribution in [3.05, 3.63) is 53.6 Å². The van der Waals surface area contributed by atoms with Crippen LogP contribution in [0.25, 0.3) is 11.1 Å². The van der Waals surface area contributed by atoms with Gasteiger partial charge in [-0.1, -0.05) is 44.0 Å². The van der Waals surface area contributed by atoms with E-state index in [0.717, 1.165) is 47.1 Å². The number of carbonyl (C=O) groups is 3. The molecule has 2 aromatic carbocycles. The van der Waals surface area contributed by atoms with Crippen LogP contribution in [0, 0.1) is 24.7 Å². The molecule has 0 spiro atoms. The first kappa shape index (κ1) is 27.9. The lowest BCUT2D eigenvalue weighted by molar-refractivity contribution is -0.117. The van der Waals surface area contributed by atoms with Crippen LogP contribution in [0.15, 0.2) is 42.5 Å². The molecule has 204 valence electrons. The Morgan fingerprint density at radius 3 is 2.18 bits per heavy atom. The van der Waals surface area contributed by atoms with Gasteiger partial charge in [0.2, 0.25) is 0 Å². The number of Topliss-reactive ketones (excluding diaryl/α,β-unsaturated/α-hetero) is 1. The Morgan fingerprint density at radius 1 is 0.947 bits per heavy atom. The number of benzene rings is 2. The van der Waals surface area contributed by atoms with E-state index >= 15 is 0 Å². The Balaban J connectivity index is 1.51. The van der Waals surface area contributed by atoms with Crippen LogP contribution in [0.1, 0.15) is 82.1 Å². The van der Waals surface area contributed by atoms with Crippen LogP contribution in [-0.4, -0.2) is 36.5 Å². The Hall–Kier alpha value is -3.15. The van der Waals surface area contributed by atoms with E-state index < -0.39 is 6.09 Å². The monoisotopic (exact) mass is 518 g/mol. The van der Waals surface area contributed by atoms with E-state index in [-0.39, 0.29) is 29.8 Å². The standard InChI is InChI=1S/C32H42N2O4/c1-20(2)38-32(37)34(19-21(3)14-23(5)35)30-18-28(9-6-22(30)4)26-10-12-27(13-11-26)31(36)33-29-16-24-7-8-25(15-24)17-29/h6,9-13,18,20-21,24-25,29H,7-8,14-17,19H2,1-5H3,(H,33,36)/t21-,24-,25+,29?/m1/s1. The van der Waals surface area contributed by atoms with Crippen LogP contribution in [0.2, 0.25) is 0 Å². The second-order valence-corrected chi connectivity index (χ2v) is 11.8. The quantitative estimate of drug-likeness (QED) is 0.390. The van der Waals surface area contributed by atoms with E-state index in [2.05, 4.69) is 5.32 Å². The Bertz CT molecular complexity index is 1140. The first-order valence-corrected chi connectivity index (χ1v) is 14.1. The summed E-state index contributed by atoms with van der Waals surface area (Å²) in [5.41, 5.74) is 4.29. The van der Waals surface area contributed by atoms with Crippen molar-refractivity contribution in [2.45, 2.75) is 85.3 Å². The molecule has 0 aliphatic heterocycles. The van der Waals surface area contributed by atoms with Crippen molar-refractivity contribution >= 4 is 23.5 Å². The second-order valence-electron chi connectivity index (χ2n) is 11.8. The number of ketones is 1. The minimum atomic E-state index is -0.418. The predicted octanol–water partition coefficient (Wildman–Crippen LogP) is 6.94. The van der Waals surface area contributed by atoms with Crippen LogP contribution in [0.3, 0.4) is 0 Å². The Kier molecular flexibility index (Phi) is 8.91. The van der Waals surface area contributed by atoms with Crippen LogP contribution >= 0.6 is 0 Å². The molecule has 1 N–H and O–H groups in total. The molecule has 0 aromatic heterocycles. The van der Waals surface area contributed by atoms with Crippen molar-refractivity contribution in [3.8, 4) is 11.1 Å². The molecule has 2 aliphatic carbocycles. The molecule has 2 amide bonds. The highest BCUT2D eigenvalue weighted by atomic mass is 16.6. The van der Waals surface area contributed by atoms with Crippen LogP contribution in [0.4, 0.5) is 10.5 Å². The average molecular weight is 519 g/mol. The minimum absolute atomic E-state index is 0.00508. The molecule has 2 saturated carbocycles. The van der Waals surface area contributed by atoms with Gasteiger partial charge in [0.15, 0.2) is 0 Å². The summed E-state index contributed by atoms with van der Waals surface area (Å²) in [4.78, 5) is 39.3. The van der Waals surface area contributed by atoms with Gasteiger partial charge in [0.25, 0.3) is 5.91 Å². The Morgan fingerprint density at radius 2 is 1.58 bits per heavy atom. The van der Waals surface area contributed by atoms with Gasteiger partial charge in [-0.25, -0.2) is 4.79 Å². The molecule has 6 heteroatoms. The van der Waals surface area contributed by atoms with E-state index in [1.165, 1.54) is 19.3 Å². The van der Waals surface area contributed by atoms with E-state index in [4.69, 9.17) is 4.74 Å². The number of anilines is 1. The van der Waals surface area contributed by atoms with Gasteiger partial charge in [-0.05, 0) is 99.6 Å². The van der Waals surface area contributed by atoms with Gasteiger partial charge >= 0.3 is 6.09 Å². The number of nitrogens with zero attached hydrogens (tertiary/aromatic N) is 1. The summed E-state index contributed by atoms with van der Waals surface area (Å²) in [5, 5.41) is 3.27. The van der Waals surface area contributed by atoms with Gasteiger partial charge in [0, 0.05) is 24.6 Å². The largest absolute Gasteiger partial charge is 0.446 e. The van der Waals surface area contributed by atoms with Crippen molar-refractivity contribution in [2.75, 3.05) is 11.4 Å². The van der Waals surface area contributed by atoms with Crippen LogP contribution in [-0.2, 0) is 9.53 Å². The lowest BCUT2D eigenvalue weighted by Crippen LogP contribution is -2.38. The highest BCUT2D eigenvalue weighted by Crippen LogP contribution is 2.42. The minimum Gasteiger partial charge on any atom is -0.446 e. The topological polar surface area (TPSA) is 75.7 Å². The number of amides is 2. The highest BCUT2D eigenvalue weighted by molar-refractivity contribution is 5.95. The fraction of sp³-hybridized carbons (Fsp3) is 0.531. The molecule has 2 bridgehead atoms. The third-order valence-corrected chi connectivity index (χ3v) is 7.89. The van der Waals surface area contributed by atoms with Crippen molar-refractivity contribution in [3.63, 3.8) is 0 Å². The number of fused-ring (bicyclic) bond motifs is 2. The number of ether oxygens (including phenoxy) is 1. The van der Waals surface area contributed by atoms with Crippen molar-refractivity contribution < 1.29 is 19.1 Å². The fourth-order valence-electron chi connectivity index (χ4n) is 6.19. The van der Waals surface area contributed by atoms with E-state index in [1.807, 2.05) is 70.2 Å². The van der Waals surface area contributed by atoms with Gasteiger partial charge in [-0.3, -0.25) is 9.69 Å². The summed E-state index contributed by atoms with van der Waals surface area (Å²) in [6.07, 6.45) is 5.90. The lowest BCUT2D eigenvalue weighted by Gasteiger charge is -2.28. The number of carbonyl (C=O) groups excluding carboxylic acids is 3. The average Bonchev–Trinajstić information content (AvgIpc) is 3.20. The lowest BCUT2D eigenvalue weighted by atomic mass is 9.85. The molecular formula is C32H42N2O4. The van der Waals surface area contributed by atoms with E-state index in [1.54, 1.807) is 11.8 Å². The summed E-state index contributed by atoms with van der Waals surface area (Å²) in [6, 6.07) is 14.0. The molecule has 2 aliphatic rings. The molecule has 4 atom stereocenters.